The topological polar surface area (TPSA) is 3.24 Å². The standard InChI is InChI=1S/C13H14F3N/c14-13(15,16)12-7-3-4-8-17(12)9-10-5-1-2-6-11(10)12/h1-2,5-6H,3-4,7-9H2. The zero-order valence-corrected chi connectivity index (χ0v) is 9.43. The summed E-state index contributed by atoms with van der Waals surface area (Å²) in [5.74, 6) is 0. The number of nitrogens with zero attached hydrogens (tertiary/aromatic N) is 1. The number of halogens is 3. The van der Waals surface area contributed by atoms with Crippen molar-refractivity contribution >= 4 is 0 Å². The molecule has 1 atom stereocenters. The fraction of sp³-hybridized carbons (Fsp3) is 0.538. The fourth-order valence-electron chi connectivity index (χ4n) is 3.29. The molecule has 0 saturated carbocycles. The van der Waals surface area contributed by atoms with Crippen LogP contribution < -0.4 is 0 Å². The van der Waals surface area contributed by atoms with Gasteiger partial charge in [0.05, 0.1) is 0 Å². The molecule has 4 heteroatoms. The Morgan fingerprint density at radius 2 is 1.88 bits per heavy atom. The molecule has 2 heterocycles. The Morgan fingerprint density at radius 1 is 1.12 bits per heavy atom. The van der Waals surface area contributed by atoms with Crippen molar-refractivity contribution < 1.29 is 13.2 Å². The third-order valence-electron chi connectivity index (χ3n) is 4.05. The molecule has 2 aliphatic heterocycles. The number of benzene rings is 1. The van der Waals surface area contributed by atoms with Gasteiger partial charge in [-0.1, -0.05) is 24.3 Å². The monoisotopic (exact) mass is 241 g/mol. The second-order valence-corrected chi connectivity index (χ2v) is 4.89. The van der Waals surface area contributed by atoms with Gasteiger partial charge in [0.1, 0.15) is 5.54 Å². The Morgan fingerprint density at radius 3 is 2.65 bits per heavy atom. The lowest BCUT2D eigenvalue weighted by Crippen LogP contribution is -2.54. The number of hydrogen-bond donors (Lipinski definition) is 0. The zero-order valence-electron chi connectivity index (χ0n) is 9.43. The van der Waals surface area contributed by atoms with E-state index >= 15 is 0 Å². The number of fused-ring (bicyclic) bond motifs is 3. The third-order valence-corrected chi connectivity index (χ3v) is 4.05. The highest BCUT2D eigenvalue weighted by molar-refractivity contribution is 5.40. The summed E-state index contributed by atoms with van der Waals surface area (Å²) in [5, 5.41) is 0. The van der Waals surface area contributed by atoms with Crippen molar-refractivity contribution in [3.63, 3.8) is 0 Å². The van der Waals surface area contributed by atoms with Crippen molar-refractivity contribution in [3.05, 3.63) is 35.4 Å². The Bertz CT molecular complexity index is 441. The summed E-state index contributed by atoms with van der Waals surface area (Å²) in [4.78, 5) is 1.61. The predicted octanol–water partition coefficient (Wildman–Crippen LogP) is 3.44. The van der Waals surface area contributed by atoms with Gasteiger partial charge in [0.2, 0.25) is 0 Å². The molecule has 0 amide bonds. The fourth-order valence-corrected chi connectivity index (χ4v) is 3.29. The number of alkyl halides is 3. The van der Waals surface area contributed by atoms with Crippen LogP contribution in [0.25, 0.3) is 0 Å². The Kier molecular flexibility index (Phi) is 2.27. The van der Waals surface area contributed by atoms with Crippen LogP contribution in [0.1, 0.15) is 30.4 Å². The third kappa shape index (κ3) is 1.36. The first-order valence-electron chi connectivity index (χ1n) is 5.96. The van der Waals surface area contributed by atoms with Crippen molar-refractivity contribution in [2.24, 2.45) is 0 Å². The van der Waals surface area contributed by atoms with Crippen LogP contribution in [0.15, 0.2) is 24.3 Å². The van der Waals surface area contributed by atoms with E-state index in [1.807, 2.05) is 12.1 Å². The summed E-state index contributed by atoms with van der Waals surface area (Å²) in [6, 6.07) is 7.00. The molecular formula is C13H14F3N. The van der Waals surface area contributed by atoms with E-state index in [1.54, 1.807) is 17.0 Å². The molecule has 0 aromatic heterocycles. The lowest BCUT2D eigenvalue weighted by molar-refractivity contribution is -0.244. The normalized spacial score (nSPS) is 28.9. The van der Waals surface area contributed by atoms with Crippen molar-refractivity contribution in [1.29, 1.82) is 0 Å². The Hall–Kier alpha value is -1.03. The summed E-state index contributed by atoms with van der Waals surface area (Å²) in [6.45, 7) is 0.990. The number of piperidine rings is 1. The molecule has 0 radical (unpaired) electrons. The highest BCUT2D eigenvalue weighted by atomic mass is 19.4. The Labute approximate surface area is 98.2 Å². The van der Waals surface area contributed by atoms with E-state index in [-0.39, 0.29) is 6.42 Å². The highest BCUT2D eigenvalue weighted by Crippen LogP contribution is 2.54. The van der Waals surface area contributed by atoms with E-state index in [4.69, 9.17) is 0 Å². The van der Waals surface area contributed by atoms with E-state index in [0.717, 1.165) is 12.0 Å². The molecule has 92 valence electrons. The van der Waals surface area contributed by atoms with E-state index < -0.39 is 11.7 Å². The van der Waals surface area contributed by atoms with Crippen LogP contribution in [-0.4, -0.2) is 17.6 Å². The molecule has 2 aliphatic rings. The van der Waals surface area contributed by atoms with E-state index in [0.29, 0.717) is 25.1 Å². The molecule has 1 nitrogen and oxygen atoms in total. The Balaban J connectivity index is 2.18. The maximum atomic E-state index is 13.5. The number of rotatable bonds is 0. The van der Waals surface area contributed by atoms with E-state index in [9.17, 15) is 13.2 Å². The molecule has 1 unspecified atom stereocenters. The van der Waals surface area contributed by atoms with Gasteiger partial charge in [-0.15, -0.1) is 0 Å². The van der Waals surface area contributed by atoms with Gasteiger partial charge in [-0.3, -0.25) is 4.90 Å². The van der Waals surface area contributed by atoms with E-state index in [1.165, 1.54) is 0 Å². The molecule has 0 aliphatic carbocycles. The molecule has 1 aromatic rings. The minimum atomic E-state index is -4.18. The summed E-state index contributed by atoms with van der Waals surface area (Å²) >= 11 is 0. The van der Waals surface area contributed by atoms with E-state index in [2.05, 4.69) is 0 Å². The lowest BCUT2D eigenvalue weighted by Gasteiger charge is -2.44. The van der Waals surface area contributed by atoms with Gasteiger partial charge < -0.3 is 0 Å². The van der Waals surface area contributed by atoms with Crippen LogP contribution >= 0.6 is 0 Å². The first-order valence-corrected chi connectivity index (χ1v) is 5.96. The van der Waals surface area contributed by atoms with Crippen LogP contribution in [0.5, 0.6) is 0 Å². The van der Waals surface area contributed by atoms with Gasteiger partial charge >= 0.3 is 6.18 Å². The van der Waals surface area contributed by atoms with Gasteiger partial charge in [0, 0.05) is 6.54 Å². The average Bonchev–Trinajstić information content (AvgIpc) is 2.63. The number of hydrogen-bond acceptors (Lipinski definition) is 1. The van der Waals surface area contributed by atoms with Crippen LogP contribution in [-0.2, 0) is 12.1 Å². The van der Waals surface area contributed by atoms with Crippen LogP contribution in [0, 0.1) is 0 Å². The second-order valence-electron chi connectivity index (χ2n) is 4.89. The molecular weight excluding hydrogens is 227 g/mol. The van der Waals surface area contributed by atoms with Gasteiger partial charge in [0.15, 0.2) is 0 Å². The first-order chi connectivity index (χ1) is 8.06. The molecule has 17 heavy (non-hydrogen) atoms. The van der Waals surface area contributed by atoms with Crippen molar-refractivity contribution in [1.82, 2.24) is 4.90 Å². The summed E-state index contributed by atoms with van der Waals surface area (Å²) < 4.78 is 40.6. The smallest absolute Gasteiger partial charge is 0.282 e. The predicted molar refractivity (Wildman–Crippen MR) is 58.4 cm³/mol. The zero-order chi connectivity index (χ0) is 12.1. The minimum Gasteiger partial charge on any atom is -0.282 e. The van der Waals surface area contributed by atoms with Crippen molar-refractivity contribution in [2.75, 3.05) is 6.54 Å². The molecule has 1 fully saturated rings. The van der Waals surface area contributed by atoms with Gasteiger partial charge in [-0.05, 0) is 36.9 Å². The largest absolute Gasteiger partial charge is 0.411 e. The highest BCUT2D eigenvalue weighted by Gasteiger charge is 2.62. The van der Waals surface area contributed by atoms with Crippen LogP contribution in [0.2, 0.25) is 0 Å². The SMILES string of the molecule is FC(F)(F)C12CCCCN1Cc1ccccc12. The van der Waals surface area contributed by atoms with Gasteiger partial charge in [-0.2, -0.15) is 13.2 Å². The van der Waals surface area contributed by atoms with Crippen molar-refractivity contribution in [3.8, 4) is 0 Å². The lowest BCUT2D eigenvalue weighted by atomic mass is 9.81. The molecule has 3 rings (SSSR count). The molecule has 0 spiro atoms. The first kappa shape index (κ1) is 11.1. The average molecular weight is 241 g/mol. The molecule has 0 N–H and O–H groups in total. The molecule has 0 bridgehead atoms. The minimum absolute atomic E-state index is 0.202. The van der Waals surface area contributed by atoms with Gasteiger partial charge in [-0.25, -0.2) is 0 Å². The maximum Gasteiger partial charge on any atom is 0.411 e. The van der Waals surface area contributed by atoms with Crippen molar-refractivity contribution in [2.45, 2.75) is 37.5 Å². The quantitative estimate of drug-likeness (QED) is 0.672. The van der Waals surface area contributed by atoms with Crippen LogP contribution in [0.4, 0.5) is 13.2 Å². The summed E-state index contributed by atoms with van der Waals surface area (Å²) in [6.07, 6.45) is -2.45. The van der Waals surface area contributed by atoms with Crippen LogP contribution in [0.3, 0.4) is 0 Å². The summed E-state index contributed by atoms with van der Waals surface area (Å²) in [5.41, 5.74) is -0.388. The maximum absolute atomic E-state index is 13.5. The van der Waals surface area contributed by atoms with Gasteiger partial charge in [0.25, 0.3) is 0 Å². The second kappa shape index (κ2) is 3.48. The summed E-state index contributed by atoms with van der Waals surface area (Å²) in [7, 11) is 0. The molecule has 1 saturated heterocycles. The molecule has 1 aromatic carbocycles.